The van der Waals surface area contributed by atoms with Crippen molar-refractivity contribution in [3.8, 4) is 5.75 Å². The van der Waals surface area contributed by atoms with Crippen molar-refractivity contribution in [3.63, 3.8) is 0 Å². The van der Waals surface area contributed by atoms with Gasteiger partial charge in [0.15, 0.2) is 0 Å². The largest absolute Gasteiger partial charge is 0.497 e. The molecular weight excluding hydrogens is 352 g/mol. The average Bonchev–Trinajstić information content (AvgIpc) is 3.17. The molecule has 0 radical (unpaired) electrons. The molecule has 0 saturated carbocycles. The quantitative estimate of drug-likeness (QED) is 0.888. The predicted molar refractivity (Wildman–Crippen MR) is 107 cm³/mol. The summed E-state index contributed by atoms with van der Waals surface area (Å²) in [6, 6.07) is 12.4. The van der Waals surface area contributed by atoms with Crippen LogP contribution >= 0.6 is 0 Å². The summed E-state index contributed by atoms with van der Waals surface area (Å²) >= 11 is 0. The third-order valence-corrected chi connectivity index (χ3v) is 6.81. The van der Waals surface area contributed by atoms with E-state index < -0.39 is 0 Å². The van der Waals surface area contributed by atoms with Crippen LogP contribution in [-0.2, 0) is 0 Å². The molecule has 1 amide bonds. The Morgan fingerprint density at radius 3 is 2.75 bits per heavy atom. The first-order valence-corrected chi connectivity index (χ1v) is 10.1. The molecule has 2 bridgehead atoms. The predicted octanol–water partition coefficient (Wildman–Crippen LogP) is 2.37. The summed E-state index contributed by atoms with van der Waals surface area (Å²) in [5.74, 6) is 2.21. The molecule has 146 valence electrons. The number of carbonyl (C=O) groups is 1. The van der Waals surface area contributed by atoms with Crippen molar-refractivity contribution < 1.29 is 9.53 Å². The van der Waals surface area contributed by atoms with Crippen LogP contribution in [0.25, 0.3) is 0 Å². The number of aromatic nitrogens is 1. The maximum atomic E-state index is 13.4. The molecule has 6 rings (SSSR count). The summed E-state index contributed by atoms with van der Waals surface area (Å²) in [6.07, 6.45) is 3.97. The second-order valence-electron chi connectivity index (χ2n) is 8.16. The van der Waals surface area contributed by atoms with E-state index in [0.29, 0.717) is 29.3 Å². The molecule has 2 N–H and O–H groups in total. The van der Waals surface area contributed by atoms with Crippen molar-refractivity contribution >= 4 is 11.7 Å². The molecule has 28 heavy (non-hydrogen) atoms. The van der Waals surface area contributed by atoms with Crippen molar-refractivity contribution in [1.29, 1.82) is 0 Å². The van der Waals surface area contributed by atoms with Crippen LogP contribution in [0.3, 0.4) is 0 Å². The monoisotopic (exact) mass is 378 g/mol. The van der Waals surface area contributed by atoms with E-state index in [4.69, 9.17) is 10.5 Å². The van der Waals surface area contributed by atoms with Crippen molar-refractivity contribution in [1.82, 2.24) is 14.8 Å². The normalized spacial score (nSPS) is 30.9. The highest BCUT2D eigenvalue weighted by Gasteiger charge is 2.54. The van der Waals surface area contributed by atoms with E-state index in [1.165, 1.54) is 18.4 Å². The number of likely N-dealkylation sites (tertiary alicyclic amines) is 1. The minimum atomic E-state index is 0.0725. The summed E-state index contributed by atoms with van der Waals surface area (Å²) in [7, 11) is 1.70. The number of nitrogens with two attached hydrogens (primary N) is 1. The van der Waals surface area contributed by atoms with E-state index in [0.717, 1.165) is 25.4 Å². The van der Waals surface area contributed by atoms with Gasteiger partial charge in [0.25, 0.3) is 5.91 Å². The van der Waals surface area contributed by atoms with Crippen LogP contribution in [0.2, 0.25) is 0 Å². The summed E-state index contributed by atoms with van der Waals surface area (Å²) < 4.78 is 5.45. The van der Waals surface area contributed by atoms with Crippen molar-refractivity contribution in [2.75, 3.05) is 32.5 Å². The molecule has 4 aliphatic rings. The Balaban J connectivity index is 1.53. The first-order chi connectivity index (χ1) is 13.7. The molecule has 4 saturated heterocycles. The van der Waals surface area contributed by atoms with Crippen molar-refractivity contribution in [2.45, 2.75) is 30.8 Å². The first-order valence-electron chi connectivity index (χ1n) is 10.1. The number of fused-ring (bicyclic) bond motifs is 2. The minimum absolute atomic E-state index is 0.0725. The molecule has 6 nitrogen and oxygen atoms in total. The smallest absolute Gasteiger partial charge is 0.254 e. The molecule has 2 aromatic rings. The number of rotatable bonds is 3. The number of hydrogen-bond donors (Lipinski definition) is 1. The lowest BCUT2D eigenvalue weighted by molar-refractivity contribution is -0.00341. The van der Waals surface area contributed by atoms with Crippen molar-refractivity contribution in [2.24, 2.45) is 5.92 Å². The van der Waals surface area contributed by atoms with Crippen LogP contribution < -0.4 is 10.5 Å². The summed E-state index contributed by atoms with van der Waals surface area (Å²) in [5, 5.41) is 0. The number of nitrogens with zero attached hydrogens (tertiary/aromatic N) is 3. The molecule has 4 fully saturated rings. The molecule has 0 aliphatic carbocycles. The lowest BCUT2D eigenvalue weighted by Gasteiger charge is -2.51. The number of methoxy groups -OCH3 is 1. The van der Waals surface area contributed by atoms with E-state index in [2.05, 4.69) is 26.9 Å². The van der Waals surface area contributed by atoms with Gasteiger partial charge >= 0.3 is 0 Å². The van der Waals surface area contributed by atoms with Gasteiger partial charge in [-0.05, 0) is 61.7 Å². The Morgan fingerprint density at radius 1 is 1.18 bits per heavy atom. The number of piperidine rings is 3. The summed E-state index contributed by atoms with van der Waals surface area (Å²) in [6.45, 7) is 3.00. The SMILES string of the molecule is COc1cccc([C@@H]2CN(C(=O)c3ccnc(N)c3)[C@H]3C4CCN(CC4)[C@@H]23)c1. The Hall–Kier alpha value is -2.60. The van der Waals surface area contributed by atoms with E-state index in [-0.39, 0.29) is 11.9 Å². The molecule has 0 spiro atoms. The minimum Gasteiger partial charge on any atom is -0.497 e. The van der Waals surface area contributed by atoms with Crippen LogP contribution in [-0.4, -0.2) is 59.5 Å². The van der Waals surface area contributed by atoms with Gasteiger partial charge in [-0.2, -0.15) is 0 Å². The molecule has 6 heteroatoms. The van der Waals surface area contributed by atoms with Crippen LogP contribution in [0, 0.1) is 5.92 Å². The van der Waals surface area contributed by atoms with Crippen LogP contribution in [0.5, 0.6) is 5.75 Å². The van der Waals surface area contributed by atoms with Crippen molar-refractivity contribution in [3.05, 3.63) is 53.7 Å². The molecule has 1 aromatic carbocycles. The number of ether oxygens (including phenoxy) is 1. The lowest BCUT2D eigenvalue weighted by Crippen LogP contribution is -2.60. The number of hydrogen-bond acceptors (Lipinski definition) is 5. The van der Waals surface area contributed by atoms with Crippen LogP contribution in [0.1, 0.15) is 34.7 Å². The van der Waals surface area contributed by atoms with E-state index in [9.17, 15) is 4.79 Å². The lowest BCUT2D eigenvalue weighted by atomic mass is 9.75. The van der Waals surface area contributed by atoms with Gasteiger partial charge in [0.2, 0.25) is 0 Å². The van der Waals surface area contributed by atoms with Gasteiger partial charge in [-0.15, -0.1) is 0 Å². The van der Waals surface area contributed by atoms with E-state index >= 15 is 0 Å². The summed E-state index contributed by atoms with van der Waals surface area (Å²) in [4.78, 5) is 22.2. The zero-order chi connectivity index (χ0) is 19.3. The van der Waals surface area contributed by atoms with Gasteiger partial charge in [-0.25, -0.2) is 4.98 Å². The van der Waals surface area contributed by atoms with E-state index in [1.54, 1.807) is 25.4 Å². The van der Waals surface area contributed by atoms with Crippen LogP contribution in [0.4, 0.5) is 5.82 Å². The second kappa shape index (κ2) is 6.78. The third-order valence-electron chi connectivity index (χ3n) is 6.81. The average molecular weight is 378 g/mol. The Bertz CT molecular complexity index is 894. The van der Waals surface area contributed by atoms with Crippen LogP contribution in [0.15, 0.2) is 42.6 Å². The Kier molecular flexibility index (Phi) is 4.23. The molecule has 5 heterocycles. The zero-order valence-electron chi connectivity index (χ0n) is 16.1. The summed E-state index contributed by atoms with van der Waals surface area (Å²) in [5.41, 5.74) is 7.72. The molecular formula is C22H26N4O2. The van der Waals surface area contributed by atoms with Gasteiger partial charge < -0.3 is 15.4 Å². The molecule has 0 unspecified atom stereocenters. The number of benzene rings is 1. The molecule has 3 atom stereocenters. The fourth-order valence-electron chi connectivity index (χ4n) is 5.57. The molecule has 1 aromatic heterocycles. The van der Waals surface area contributed by atoms with Gasteiger partial charge in [-0.1, -0.05) is 12.1 Å². The number of pyridine rings is 1. The standard InChI is InChI=1S/C22H26N4O2/c1-28-17-4-2-3-15(11-17)18-13-26(22(27)16-5-8-24-19(23)12-16)20-14-6-9-25(10-7-14)21(18)20/h2-5,8,11-12,14,18,20-21H,6-7,9-10,13H2,1H3,(H2,23,24)/t18-,20-,21-/m0/s1. The number of anilines is 1. The van der Waals surface area contributed by atoms with E-state index in [1.807, 2.05) is 12.1 Å². The Labute approximate surface area is 165 Å². The number of nitrogen functional groups attached to an aromatic ring is 1. The second-order valence-corrected chi connectivity index (χ2v) is 8.16. The Morgan fingerprint density at radius 2 is 2.00 bits per heavy atom. The van der Waals surface area contributed by atoms with Gasteiger partial charge in [-0.3, -0.25) is 9.69 Å². The third kappa shape index (κ3) is 2.75. The number of amides is 1. The zero-order valence-corrected chi connectivity index (χ0v) is 16.1. The highest BCUT2D eigenvalue weighted by Crippen LogP contribution is 2.47. The maximum absolute atomic E-state index is 13.4. The van der Waals surface area contributed by atoms with Gasteiger partial charge in [0, 0.05) is 30.3 Å². The topological polar surface area (TPSA) is 71.7 Å². The first kappa shape index (κ1) is 17.5. The maximum Gasteiger partial charge on any atom is 0.254 e. The fraction of sp³-hybridized carbons (Fsp3) is 0.455. The highest BCUT2D eigenvalue weighted by atomic mass is 16.5. The van der Waals surface area contributed by atoms with Gasteiger partial charge in [0.05, 0.1) is 13.2 Å². The fourth-order valence-corrected chi connectivity index (χ4v) is 5.57. The highest BCUT2D eigenvalue weighted by molar-refractivity contribution is 5.95. The molecule has 4 aliphatic heterocycles. The number of carbonyl (C=O) groups excluding carboxylic acids is 1. The van der Waals surface area contributed by atoms with Gasteiger partial charge in [0.1, 0.15) is 11.6 Å².